The average Bonchev–Trinajstić information content (AvgIpc) is 2.99. The van der Waals surface area contributed by atoms with Crippen molar-refractivity contribution in [1.29, 1.82) is 0 Å². The van der Waals surface area contributed by atoms with Crippen LogP contribution in [-0.2, 0) is 19.5 Å². The van der Waals surface area contributed by atoms with E-state index in [1.54, 1.807) is 11.3 Å². The number of fused-ring (bicyclic) bond motifs is 1. The van der Waals surface area contributed by atoms with Gasteiger partial charge < -0.3 is 9.88 Å². The van der Waals surface area contributed by atoms with Gasteiger partial charge in [-0.2, -0.15) is 0 Å². The van der Waals surface area contributed by atoms with Gasteiger partial charge in [-0.1, -0.05) is 0 Å². The largest absolute Gasteiger partial charge is 0.314 e. The zero-order valence-electron chi connectivity index (χ0n) is 12.3. The molecule has 0 radical (unpaired) electrons. The van der Waals surface area contributed by atoms with Gasteiger partial charge in [0.15, 0.2) is 0 Å². The fourth-order valence-electron chi connectivity index (χ4n) is 2.79. The number of thiazole rings is 1. The third-order valence-corrected chi connectivity index (χ3v) is 5.09. The predicted molar refractivity (Wildman–Crippen MR) is 79.8 cm³/mol. The molecule has 1 atom stereocenters. The van der Waals surface area contributed by atoms with Crippen LogP contribution in [0.2, 0.25) is 0 Å². The van der Waals surface area contributed by atoms with Crippen LogP contribution in [0.1, 0.15) is 53.0 Å². The Morgan fingerprint density at radius 3 is 2.90 bits per heavy atom. The van der Waals surface area contributed by atoms with Gasteiger partial charge in [0, 0.05) is 23.9 Å². The molecule has 3 rings (SSSR count). The summed E-state index contributed by atoms with van der Waals surface area (Å²) in [7, 11) is 0. The molecule has 0 bridgehead atoms. The first-order valence-corrected chi connectivity index (χ1v) is 8.05. The van der Waals surface area contributed by atoms with E-state index in [2.05, 4.69) is 45.8 Å². The fraction of sp³-hybridized carbons (Fsp3) is 0.643. The van der Waals surface area contributed by atoms with Crippen LogP contribution < -0.4 is 5.32 Å². The molecule has 108 valence electrons. The summed E-state index contributed by atoms with van der Waals surface area (Å²) in [4.78, 5) is 5.81. The number of hydrogen-bond acceptors (Lipinski definition) is 5. The van der Waals surface area contributed by atoms with Gasteiger partial charge in [0.1, 0.15) is 11.6 Å². The third-order valence-electron chi connectivity index (χ3n) is 3.84. The Bertz CT molecular complexity index is 601. The summed E-state index contributed by atoms with van der Waals surface area (Å²) in [5.74, 6) is 2.20. The van der Waals surface area contributed by atoms with Crippen LogP contribution in [0.15, 0.2) is 0 Å². The zero-order valence-corrected chi connectivity index (χ0v) is 13.1. The van der Waals surface area contributed by atoms with Gasteiger partial charge in [-0.15, -0.1) is 21.5 Å². The number of aryl methyl sites for hydroxylation is 3. The standard InChI is InChI=1S/C14H21N5S/c1-9(14-10(2)16-11(3)20-14)15-8-13-18-17-12-6-4-5-7-19(12)13/h9,15H,4-8H2,1-3H3. The molecular weight excluding hydrogens is 270 g/mol. The summed E-state index contributed by atoms with van der Waals surface area (Å²) in [6.07, 6.45) is 3.54. The maximum atomic E-state index is 4.49. The minimum absolute atomic E-state index is 0.303. The summed E-state index contributed by atoms with van der Waals surface area (Å²) in [6, 6.07) is 0.303. The third kappa shape index (κ3) is 2.62. The van der Waals surface area contributed by atoms with Crippen molar-refractivity contribution < 1.29 is 0 Å². The molecule has 0 saturated carbocycles. The highest BCUT2D eigenvalue weighted by molar-refractivity contribution is 7.11. The minimum Gasteiger partial charge on any atom is -0.314 e. The van der Waals surface area contributed by atoms with Gasteiger partial charge >= 0.3 is 0 Å². The van der Waals surface area contributed by atoms with Gasteiger partial charge in [0.05, 0.1) is 17.2 Å². The maximum absolute atomic E-state index is 4.49. The number of aromatic nitrogens is 4. The second-order valence-electron chi connectivity index (χ2n) is 5.43. The Kier molecular flexibility index (Phi) is 3.85. The summed E-state index contributed by atoms with van der Waals surface area (Å²) in [6.45, 7) is 8.16. The number of nitrogens with one attached hydrogen (secondary N) is 1. The smallest absolute Gasteiger partial charge is 0.147 e. The lowest BCUT2D eigenvalue weighted by molar-refractivity contribution is 0.485. The van der Waals surface area contributed by atoms with Crippen molar-refractivity contribution in [3.63, 3.8) is 0 Å². The summed E-state index contributed by atoms with van der Waals surface area (Å²) < 4.78 is 2.27. The molecule has 0 aliphatic carbocycles. The molecular formula is C14H21N5S. The van der Waals surface area contributed by atoms with E-state index in [0.717, 1.165) is 41.9 Å². The van der Waals surface area contributed by atoms with Crippen molar-refractivity contribution >= 4 is 11.3 Å². The van der Waals surface area contributed by atoms with Crippen LogP contribution in [0.4, 0.5) is 0 Å². The minimum atomic E-state index is 0.303. The van der Waals surface area contributed by atoms with E-state index < -0.39 is 0 Å². The van der Waals surface area contributed by atoms with Crippen LogP contribution >= 0.6 is 11.3 Å². The molecule has 1 aliphatic rings. The highest BCUT2D eigenvalue weighted by Gasteiger charge is 2.17. The van der Waals surface area contributed by atoms with Gasteiger partial charge in [-0.25, -0.2) is 4.98 Å². The maximum Gasteiger partial charge on any atom is 0.147 e. The topological polar surface area (TPSA) is 55.6 Å². The van der Waals surface area contributed by atoms with Crippen LogP contribution in [0.3, 0.4) is 0 Å². The molecule has 0 amide bonds. The summed E-state index contributed by atoms with van der Waals surface area (Å²) >= 11 is 1.77. The lowest BCUT2D eigenvalue weighted by Gasteiger charge is -2.16. The Labute approximate surface area is 123 Å². The second kappa shape index (κ2) is 5.61. The molecule has 20 heavy (non-hydrogen) atoms. The lowest BCUT2D eigenvalue weighted by atomic mass is 10.1. The molecule has 2 aromatic rings. The van der Waals surface area contributed by atoms with E-state index in [0.29, 0.717) is 6.04 Å². The molecule has 5 nitrogen and oxygen atoms in total. The van der Waals surface area contributed by atoms with Crippen molar-refractivity contribution in [3.05, 3.63) is 27.2 Å². The lowest BCUT2D eigenvalue weighted by Crippen LogP contribution is -2.22. The van der Waals surface area contributed by atoms with Gasteiger partial charge in [0.25, 0.3) is 0 Å². The molecule has 0 aromatic carbocycles. The first kappa shape index (κ1) is 13.7. The molecule has 0 fully saturated rings. The Hall–Kier alpha value is -1.27. The van der Waals surface area contributed by atoms with E-state index in [1.807, 2.05) is 0 Å². The number of hydrogen-bond donors (Lipinski definition) is 1. The molecule has 0 saturated heterocycles. The van der Waals surface area contributed by atoms with Crippen LogP contribution in [0.25, 0.3) is 0 Å². The molecule has 0 spiro atoms. The van der Waals surface area contributed by atoms with E-state index in [1.165, 1.54) is 17.7 Å². The van der Waals surface area contributed by atoms with Crippen molar-refractivity contribution in [2.24, 2.45) is 0 Å². The van der Waals surface area contributed by atoms with Gasteiger partial charge in [-0.3, -0.25) is 0 Å². The van der Waals surface area contributed by atoms with Crippen molar-refractivity contribution in [2.45, 2.75) is 59.2 Å². The number of rotatable bonds is 4. The predicted octanol–water partition coefficient (Wildman–Crippen LogP) is 2.54. The Morgan fingerprint density at radius 2 is 2.15 bits per heavy atom. The average molecular weight is 291 g/mol. The monoisotopic (exact) mass is 291 g/mol. The molecule has 1 aliphatic heterocycles. The van der Waals surface area contributed by atoms with E-state index in [-0.39, 0.29) is 0 Å². The molecule has 1 N–H and O–H groups in total. The number of nitrogens with zero attached hydrogens (tertiary/aromatic N) is 4. The van der Waals surface area contributed by atoms with Crippen molar-refractivity contribution in [2.75, 3.05) is 0 Å². The second-order valence-corrected chi connectivity index (χ2v) is 6.66. The summed E-state index contributed by atoms with van der Waals surface area (Å²) in [5, 5.41) is 13.3. The van der Waals surface area contributed by atoms with Crippen molar-refractivity contribution in [3.8, 4) is 0 Å². The van der Waals surface area contributed by atoms with Crippen LogP contribution in [0.5, 0.6) is 0 Å². The van der Waals surface area contributed by atoms with E-state index in [4.69, 9.17) is 0 Å². The van der Waals surface area contributed by atoms with Crippen LogP contribution in [0, 0.1) is 13.8 Å². The molecule has 1 unspecified atom stereocenters. The zero-order chi connectivity index (χ0) is 14.1. The van der Waals surface area contributed by atoms with Gasteiger partial charge in [0.2, 0.25) is 0 Å². The van der Waals surface area contributed by atoms with Crippen molar-refractivity contribution in [1.82, 2.24) is 25.1 Å². The molecule has 3 heterocycles. The van der Waals surface area contributed by atoms with Gasteiger partial charge in [-0.05, 0) is 33.6 Å². The van der Waals surface area contributed by atoms with E-state index >= 15 is 0 Å². The first-order chi connectivity index (χ1) is 9.65. The quantitative estimate of drug-likeness (QED) is 0.940. The van der Waals surface area contributed by atoms with E-state index in [9.17, 15) is 0 Å². The fourth-order valence-corrected chi connectivity index (χ4v) is 3.74. The molecule has 6 heteroatoms. The van der Waals surface area contributed by atoms with Crippen LogP contribution in [-0.4, -0.2) is 19.7 Å². The Morgan fingerprint density at radius 1 is 1.30 bits per heavy atom. The molecule has 2 aromatic heterocycles. The normalized spacial score (nSPS) is 16.1. The Balaban J connectivity index is 1.67. The highest BCUT2D eigenvalue weighted by Crippen LogP contribution is 2.24. The first-order valence-electron chi connectivity index (χ1n) is 7.23. The highest BCUT2D eigenvalue weighted by atomic mass is 32.1. The summed E-state index contributed by atoms with van der Waals surface area (Å²) in [5.41, 5.74) is 1.13. The SMILES string of the molecule is Cc1nc(C)c(C(C)NCc2nnc3n2CCCC3)s1.